The number of sulfonamides is 1. The predicted octanol–water partition coefficient (Wildman–Crippen LogP) is 1.87. The van der Waals surface area contributed by atoms with Gasteiger partial charge < -0.3 is 5.32 Å². The van der Waals surface area contributed by atoms with Gasteiger partial charge in [-0.05, 0) is 39.7 Å². The molecular formula is C12H28N2O2S. The van der Waals surface area contributed by atoms with E-state index in [0.29, 0.717) is 12.5 Å². The van der Waals surface area contributed by atoms with Crippen molar-refractivity contribution in [1.82, 2.24) is 10.0 Å². The first-order valence-corrected chi connectivity index (χ1v) is 8.09. The van der Waals surface area contributed by atoms with Gasteiger partial charge in [-0.25, -0.2) is 13.1 Å². The second-order valence-electron chi connectivity index (χ2n) is 5.47. The van der Waals surface area contributed by atoms with E-state index in [1.807, 2.05) is 20.8 Å². The van der Waals surface area contributed by atoms with Crippen LogP contribution in [0.25, 0.3) is 0 Å². The summed E-state index contributed by atoms with van der Waals surface area (Å²) < 4.78 is 26.3. The van der Waals surface area contributed by atoms with Gasteiger partial charge in [-0.2, -0.15) is 0 Å². The Hall–Kier alpha value is -0.130. The second kappa shape index (κ2) is 7.34. The van der Waals surface area contributed by atoms with Crippen molar-refractivity contribution < 1.29 is 8.42 Å². The minimum Gasteiger partial charge on any atom is -0.315 e. The van der Waals surface area contributed by atoms with Crippen molar-refractivity contribution in [3.63, 3.8) is 0 Å². The maximum absolute atomic E-state index is 11.8. The molecule has 4 nitrogen and oxygen atoms in total. The molecule has 0 aliphatic rings. The lowest BCUT2D eigenvalue weighted by Crippen LogP contribution is -2.43. The van der Waals surface area contributed by atoms with Crippen LogP contribution in [-0.2, 0) is 10.0 Å². The first-order chi connectivity index (χ1) is 7.68. The van der Waals surface area contributed by atoms with Gasteiger partial charge >= 0.3 is 0 Å². The molecule has 0 rings (SSSR count). The molecule has 5 heteroatoms. The predicted molar refractivity (Wildman–Crippen MR) is 73.7 cm³/mol. The SMILES string of the molecule is CCC(C)(C)NS(=O)(=O)CCCCNC(C)C. The maximum Gasteiger partial charge on any atom is 0.212 e. The number of unbranched alkanes of at least 4 members (excludes halogenated alkanes) is 1. The van der Waals surface area contributed by atoms with Gasteiger partial charge in [-0.15, -0.1) is 0 Å². The molecule has 0 saturated heterocycles. The van der Waals surface area contributed by atoms with Crippen LogP contribution >= 0.6 is 0 Å². The normalized spacial score (nSPS) is 13.3. The Balaban J connectivity index is 3.87. The fraction of sp³-hybridized carbons (Fsp3) is 1.00. The molecule has 0 bridgehead atoms. The van der Waals surface area contributed by atoms with E-state index in [1.54, 1.807) is 0 Å². The molecule has 0 unspecified atom stereocenters. The fourth-order valence-electron chi connectivity index (χ4n) is 1.35. The highest BCUT2D eigenvalue weighted by atomic mass is 32.2. The molecule has 0 spiro atoms. The van der Waals surface area contributed by atoms with Crippen molar-refractivity contribution in [2.24, 2.45) is 0 Å². The summed E-state index contributed by atoms with van der Waals surface area (Å²) in [5.41, 5.74) is -0.338. The molecule has 0 aromatic carbocycles. The van der Waals surface area contributed by atoms with Gasteiger partial charge in [0.2, 0.25) is 10.0 Å². The molecule has 0 aliphatic carbocycles. The molecule has 0 amide bonds. The summed E-state index contributed by atoms with van der Waals surface area (Å²) >= 11 is 0. The molecule has 17 heavy (non-hydrogen) atoms. The van der Waals surface area contributed by atoms with E-state index in [2.05, 4.69) is 23.9 Å². The summed E-state index contributed by atoms with van der Waals surface area (Å²) in [6.07, 6.45) is 2.39. The van der Waals surface area contributed by atoms with Crippen LogP contribution in [0.5, 0.6) is 0 Å². The second-order valence-corrected chi connectivity index (χ2v) is 7.32. The zero-order valence-corrected chi connectivity index (χ0v) is 12.7. The largest absolute Gasteiger partial charge is 0.315 e. The molecule has 0 aliphatic heterocycles. The Bertz CT molecular complexity index is 298. The molecule has 0 fully saturated rings. The Kier molecular flexibility index (Phi) is 7.28. The van der Waals surface area contributed by atoms with E-state index in [0.717, 1.165) is 19.4 Å². The molecule has 104 valence electrons. The van der Waals surface area contributed by atoms with Crippen molar-refractivity contribution in [1.29, 1.82) is 0 Å². The first kappa shape index (κ1) is 16.9. The van der Waals surface area contributed by atoms with Crippen molar-refractivity contribution in [2.45, 2.75) is 65.5 Å². The highest BCUT2D eigenvalue weighted by Crippen LogP contribution is 2.09. The van der Waals surface area contributed by atoms with Gasteiger partial charge in [0.25, 0.3) is 0 Å². The standard InChI is InChI=1S/C12H28N2O2S/c1-6-12(4,5)14-17(15,16)10-8-7-9-13-11(2)3/h11,13-14H,6-10H2,1-5H3. The minimum atomic E-state index is -3.13. The van der Waals surface area contributed by atoms with E-state index in [1.165, 1.54) is 0 Å². The van der Waals surface area contributed by atoms with E-state index < -0.39 is 10.0 Å². The van der Waals surface area contributed by atoms with Crippen LogP contribution in [0, 0.1) is 0 Å². The topological polar surface area (TPSA) is 58.2 Å². The molecule has 0 saturated carbocycles. The lowest BCUT2D eigenvalue weighted by molar-refractivity contribution is 0.438. The van der Waals surface area contributed by atoms with Crippen LogP contribution in [0.15, 0.2) is 0 Å². The van der Waals surface area contributed by atoms with E-state index in [4.69, 9.17) is 0 Å². The first-order valence-electron chi connectivity index (χ1n) is 6.43. The van der Waals surface area contributed by atoms with Crippen LogP contribution in [0.1, 0.15) is 53.9 Å². The quantitative estimate of drug-likeness (QED) is 0.625. The van der Waals surface area contributed by atoms with Gasteiger partial charge in [-0.1, -0.05) is 20.8 Å². The summed E-state index contributed by atoms with van der Waals surface area (Å²) in [5, 5.41) is 3.28. The van der Waals surface area contributed by atoms with E-state index in [9.17, 15) is 8.42 Å². The van der Waals surface area contributed by atoms with Gasteiger partial charge in [0.05, 0.1) is 5.75 Å². The van der Waals surface area contributed by atoms with Gasteiger partial charge in [0, 0.05) is 11.6 Å². The summed E-state index contributed by atoms with van der Waals surface area (Å²) in [6.45, 7) is 10.8. The van der Waals surface area contributed by atoms with E-state index >= 15 is 0 Å². The Morgan fingerprint density at radius 2 is 1.76 bits per heavy atom. The van der Waals surface area contributed by atoms with Crippen molar-refractivity contribution in [3.05, 3.63) is 0 Å². The summed E-state index contributed by atoms with van der Waals surface area (Å²) in [6, 6.07) is 0.462. The summed E-state index contributed by atoms with van der Waals surface area (Å²) in [7, 11) is -3.13. The van der Waals surface area contributed by atoms with Crippen molar-refractivity contribution in [2.75, 3.05) is 12.3 Å². The average Bonchev–Trinajstić information content (AvgIpc) is 2.15. The highest BCUT2D eigenvalue weighted by Gasteiger charge is 2.22. The fourth-order valence-corrected chi connectivity index (χ4v) is 3.02. The van der Waals surface area contributed by atoms with Gasteiger partial charge in [-0.3, -0.25) is 0 Å². The van der Waals surface area contributed by atoms with Crippen LogP contribution in [-0.4, -0.2) is 32.3 Å². The van der Waals surface area contributed by atoms with Crippen LogP contribution in [0.2, 0.25) is 0 Å². The van der Waals surface area contributed by atoms with Crippen molar-refractivity contribution >= 4 is 10.0 Å². The van der Waals surface area contributed by atoms with Gasteiger partial charge in [0.15, 0.2) is 0 Å². The molecule has 0 radical (unpaired) electrons. The molecule has 2 N–H and O–H groups in total. The number of hydrogen-bond acceptors (Lipinski definition) is 3. The molecule has 0 aromatic heterocycles. The molecular weight excluding hydrogens is 236 g/mol. The Morgan fingerprint density at radius 3 is 2.24 bits per heavy atom. The summed E-state index contributed by atoms with van der Waals surface area (Å²) in [4.78, 5) is 0. The number of nitrogens with one attached hydrogen (secondary N) is 2. The number of hydrogen-bond donors (Lipinski definition) is 2. The Morgan fingerprint density at radius 1 is 1.18 bits per heavy atom. The molecule has 0 heterocycles. The third-order valence-electron chi connectivity index (χ3n) is 2.71. The zero-order chi connectivity index (χ0) is 13.5. The maximum atomic E-state index is 11.8. The number of rotatable bonds is 9. The van der Waals surface area contributed by atoms with Crippen LogP contribution in [0.4, 0.5) is 0 Å². The Labute approximate surface area is 107 Å². The van der Waals surface area contributed by atoms with Gasteiger partial charge in [0.1, 0.15) is 0 Å². The third-order valence-corrected chi connectivity index (χ3v) is 4.40. The smallest absolute Gasteiger partial charge is 0.212 e. The monoisotopic (exact) mass is 264 g/mol. The molecule has 0 aromatic rings. The average molecular weight is 264 g/mol. The lowest BCUT2D eigenvalue weighted by Gasteiger charge is -2.24. The molecule has 0 atom stereocenters. The highest BCUT2D eigenvalue weighted by molar-refractivity contribution is 7.89. The van der Waals surface area contributed by atoms with Crippen molar-refractivity contribution in [3.8, 4) is 0 Å². The lowest BCUT2D eigenvalue weighted by atomic mass is 10.0. The van der Waals surface area contributed by atoms with Crippen LogP contribution < -0.4 is 10.0 Å². The summed E-state index contributed by atoms with van der Waals surface area (Å²) in [5.74, 6) is 0.218. The van der Waals surface area contributed by atoms with Crippen LogP contribution in [0.3, 0.4) is 0 Å². The minimum absolute atomic E-state index is 0.218. The zero-order valence-electron chi connectivity index (χ0n) is 11.8. The van der Waals surface area contributed by atoms with E-state index in [-0.39, 0.29) is 11.3 Å². The third kappa shape index (κ3) is 9.56.